The fourth-order valence-electron chi connectivity index (χ4n) is 1.64. The van der Waals surface area contributed by atoms with Crippen molar-refractivity contribution in [2.45, 2.75) is 13.3 Å². The summed E-state index contributed by atoms with van der Waals surface area (Å²) in [4.78, 5) is 23.1. The third kappa shape index (κ3) is 4.24. The minimum atomic E-state index is -0.487. The van der Waals surface area contributed by atoms with Crippen LogP contribution in [0.2, 0.25) is 0 Å². The lowest BCUT2D eigenvalue weighted by Crippen LogP contribution is -2.31. The summed E-state index contributed by atoms with van der Waals surface area (Å²) >= 11 is 0. The van der Waals surface area contributed by atoms with Gasteiger partial charge in [0.05, 0.1) is 11.3 Å². The largest absolute Gasteiger partial charge is 0.385 e. The van der Waals surface area contributed by atoms with Crippen molar-refractivity contribution in [1.82, 2.24) is 10.6 Å². The van der Waals surface area contributed by atoms with Crippen molar-refractivity contribution in [3.63, 3.8) is 0 Å². The molecule has 0 atom stereocenters. The molecule has 1 rings (SSSR count). The molecule has 0 fully saturated rings. The van der Waals surface area contributed by atoms with Gasteiger partial charge in [-0.25, -0.2) is 4.39 Å². The molecule has 0 spiro atoms. The van der Waals surface area contributed by atoms with Gasteiger partial charge in [-0.3, -0.25) is 9.59 Å². The smallest absolute Gasteiger partial charge is 0.253 e. The van der Waals surface area contributed by atoms with E-state index in [1.54, 1.807) is 7.05 Å². The second kappa shape index (κ2) is 7.35. The van der Waals surface area contributed by atoms with Gasteiger partial charge in [0, 0.05) is 26.6 Å². The number of nitrogens with one attached hydrogen (secondary N) is 3. The molecule has 0 unspecified atom stereocenters. The molecule has 0 aromatic heterocycles. The minimum Gasteiger partial charge on any atom is -0.385 e. The molecule has 0 aliphatic carbocycles. The molecule has 104 valence electrons. The fraction of sp³-hybridized carbons (Fsp3) is 0.385. The second-order valence-corrected chi connectivity index (χ2v) is 3.87. The average molecular weight is 267 g/mol. The van der Waals surface area contributed by atoms with E-state index in [0.717, 1.165) is 0 Å². The molecule has 0 saturated carbocycles. The number of carbonyl (C=O) groups is 2. The van der Waals surface area contributed by atoms with E-state index in [1.807, 2.05) is 6.92 Å². The number of carbonyl (C=O) groups excluding carboxylic acids is 2. The standard InChI is InChI=1S/C13H18FN3O2/c1-3-16-11(18)7-8-17-13(19)9-5-4-6-10(14)12(9)15-2/h4-6,15H,3,7-8H2,1-2H3,(H,16,18)(H,17,19). The van der Waals surface area contributed by atoms with Crippen LogP contribution >= 0.6 is 0 Å². The van der Waals surface area contributed by atoms with Gasteiger partial charge in [0.1, 0.15) is 5.82 Å². The fourth-order valence-corrected chi connectivity index (χ4v) is 1.64. The Labute approximate surface area is 111 Å². The molecule has 2 amide bonds. The first-order valence-corrected chi connectivity index (χ1v) is 6.11. The van der Waals surface area contributed by atoms with Gasteiger partial charge in [-0.2, -0.15) is 0 Å². The van der Waals surface area contributed by atoms with Gasteiger partial charge in [0.25, 0.3) is 5.91 Å². The monoisotopic (exact) mass is 267 g/mol. The number of hydrogen-bond donors (Lipinski definition) is 3. The summed E-state index contributed by atoms with van der Waals surface area (Å²) < 4.78 is 13.5. The third-order valence-corrected chi connectivity index (χ3v) is 2.52. The Bertz CT molecular complexity index is 463. The Kier molecular flexibility index (Phi) is 5.78. The van der Waals surface area contributed by atoms with E-state index in [1.165, 1.54) is 18.2 Å². The molecule has 0 heterocycles. The minimum absolute atomic E-state index is 0.129. The Balaban J connectivity index is 2.59. The van der Waals surface area contributed by atoms with Crippen LogP contribution in [0.1, 0.15) is 23.7 Å². The maximum absolute atomic E-state index is 13.5. The van der Waals surface area contributed by atoms with Crippen molar-refractivity contribution in [3.05, 3.63) is 29.6 Å². The van der Waals surface area contributed by atoms with Crippen molar-refractivity contribution in [2.24, 2.45) is 0 Å². The van der Waals surface area contributed by atoms with Crippen LogP contribution in [-0.2, 0) is 4.79 Å². The first-order valence-electron chi connectivity index (χ1n) is 6.11. The summed E-state index contributed by atoms with van der Waals surface area (Å²) in [5, 5.41) is 7.86. The van der Waals surface area contributed by atoms with Gasteiger partial charge in [0.15, 0.2) is 0 Å². The maximum atomic E-state index is 13.5. The predicted octanol–water partition coefficient (Wildman–Crippen LogP) is 1.12. The Morgan fingerprint density at radius 2 is 2.00 bits per heavy atom. The summed E-state index contributed by atoms with van der Waals surface area (Å²) in [5.41, 5.74) is 0.372. The molecule has 5 nitrogen and oxygen atoms in total. The summed E-state index contributed by atoms with van der Waals surface area (Å²) in [6, 6.07) is 4.27. The van der Waals surface area contributed by atoms with Crippen molar-refractivity contribution in [3.8, 4) is 0 Å². The van der Waals surface area contributed by atoms with E-state index in [0.29, 0.717) is 6.54 Å². The van der Waals surface area contributed by atoms with Gasteiger partial charge in [-0.05, 0) is 19.1 Å². The van der Waals surface area contributed by atoms with E-state index < -0.39 is 11.7 Å². The highest BCUT2D eigenvalue weighted by molar-refractivity contribution is 5.99. The number of para-hydroxylation sites is 1. The van der Waals surface area contributed by atoms with Crippen molar-refractivity contribution in [2.75, 3.05) is 25.5 Å². The summed E-state index contributed by atoms with van der Waals surface area (Å²) in [5.74, 6) is -1.03. The topological polar surface area (TPSA) is 70.2 Å². The van der Waals surface area contributed by atoms with E-state index in [-0.39, 0.29) is 30.1 Å². The van der Waals surface area contributed by atoms with E-state index >= 15 is 0 Å². The van der Waals surface area contributed by atoms with Crippen LogP contribution in [0.25, 0.3) is 0 Å². The number of amides is 2. The lowest BCUT2D eigenvalue weighted by Gasteiger charge is -2.10. The molecule has 0 aliphatic heterocycles. The van der Waals surface area contributed by atoms with Crippen LogP contribution in [0.5, 0.6) is 0 Å². The summed E-state index contributed by atoms with van der Waals surface area (Å²) in [7, 11) is 1.55. The second-order valence-electron chi connectivity index (χ2n) is 3.87. The quantitative estimate of drug-likeness (QED) is 0.723. The normalized spacial score (nSPS) is 9.84. The van der Waals surface area contributed by atoms with Gasteiger partial charge in [-0.15, -0.1) is 0 Å². The first-order chi connectivity index (χ1) is 9.10. The molecule has 6 heteroatoms. The lowest BCUT2D eigenvalue weighted by atomic mass is 10.1. The highest BCUT2D eigenvalue weighted by Gasteiger charge is 2.13. The van der Waals surface area contributed by atoms with E-state index in [2.05, 4.69) is 16.0 Å². The third-order valence-electron chi connectivity index (χ3n) is 2.52. The number of hydrogen-bond acceptors (Lipinski definition) is 3. The molecule has 1 aromatic rings. The van der Waals surface area contributed by atoms with Crippen molar-refractivity contribution in [1.29, 1.82) is 0 Å². The van der Waals surface area contributed by atoms with E-state index in [9.17, 15) is 14.0 Å². The molecular weight excluding hydrogens is 249 g/mol. The molecule has 1 aromatic carbocycles. The van der Waals surface area contributed by atoms with Crippen molar-refractivity contribution < 1.29 is 14.0 Å². The van der Waals surface area contributed by atoms with Crippen LogP contribution in [0.15, 0.2) is 18.2 Å². The number of benzene rings is 1. The van der Waals surface area contributed by atoms with Crippen LogP contribution < -0.4 is 16.0 Å². The van der Waals surface area contributed by atoms with Crippen LogP contribution in [0.3, 0.4) is 0 Å². The number of rotatable bonds is 6. The molecule has 0 bridgehead atoms. The SMILES string of the molecule is CCNC(=O)CCNC(=O)c1cccc(F)c1NC. The molecule has 0 radical (unpaired) electrons. The van der Waals surface area contributed by atoms with Crippen LogP contribution in [-0.4, -0.2) is 32.0 Å². The van der Waals surface area contributed by atoms with E-state index in [4.69, 9.17) is 0 Å². The maximum Gasteiger partial charge on any atom is 0.253 e. The molecule has 3 N–H and O–H groups in total. The number of anilines is 1. The van der Waals surface area contributed by atoms with Gasteiger partial charge >= 0.3 is 0 Å². The Hall–Kier alpha value is -2.11. The first kappa shape index (κ1) is 14.9. The van der Waals surface area contributed by atoms with Crippen LogP contribution in [0.4, 0.5) is 10.1 Å². The zero-order valence-electron chi connectivity index (χ0n) is 11.0. The highest BCUT2D eigenvalue weighted by atomic mass is 19.1. The molecular formula is C13H18FN3O2. The van der Waals surface area contributed by atoms with Gasteiger partial charge in [-0.1, -0.05) is 6.07 Å². The molecule has 0 saturated heterocycles. The lowest BCUT2D eigenvalue weighted by molar-refractivity contribution is -0.120. The zero-order chi connectivity index (χ0) is 14.3. The van der Waals surface area contributed by atoms with Crippen LogP contribution in [0, 0.1) is 5.82 Å². The van der Waals surface area contributed by atoms with Gasteiger partial charge < -0.3 is 16.0 Å². The highest BCUT2D eigenvalue weighted by Crippen LogP contribution is 2.18. The van der Waals surface area contributed by atoms with Gasteiger partial charge in [0.2, 0.25) is 5.91 Å². The summed E-state index contributed by atoms with van der Waals surface area (Å²) in [6.45, 7) is 2.59. The van der Waals surface area contributed by atoms with Crippen molar-refractivity contribution >= 4 is 17.5 Å². The Morgan fingerprint density at radius 3 is 2.63 bits per heavy atom. The number of halogens is 1. The predicted molar refractivity (Wildman–Crippen MR) is 71.6 cm³/mol. The zero-order valence-corrected chi connectivity index (χ0v) is 11.0. The Morgan fingerprint density at radius 1 is 1.26 bits per heavy atom. The summed E-state index contributed by atoms with van der Waals surface area (Å²) in [6.07, 6.45) is 0.198. The average Bonchev–Trinajstić information content (AvgIpc) is 2.38. The molecule has 0 aliphatic rings. The molecule has 19 heavy (non-hydrogen) atoms.